The number of aromatic nitrogens is 2. The summed E-state index contributed by atoms with van der Waals surface area (Å²) in [4.78, 5) is 19.2. The zero-order chi connectivity index (χ0) is 24.0. The minimum atomic E-state index is -0.248. The summed E-state index contributed by atoms with van der Waals surface area (Å²) in [6, 6.07) is 16.8. The monoisotopic (exact) mass is 430 g/mol. The first-order valence-corrected chi connectivity index (χ1v) is 9.64. The lowest BCUT2D eigenvalue weighted by molar-refractivity contribution is 1.21. The molecule has 0 fully saturated rings. The first kappa shape index (κ1) is 19.9. The van der Waals surface area contributed by atoms with Crippen LogP contribution in [0, 0.1) is 53.7 Å². The van der Waals surface area contributed by atoms with Crippen molar-refractivity contribution in [3.05, 3.63) is 87.6 Å². The second kappa shape index (κ2) is 7.27. The molecule has 0 atom stereocenters. The summed E-state index contributed by atoms with van der Waals surface area (Å²) in [5, 5.41) is 32.4. The Morgan fingerprint density at radius 2 is 1.24 bits per heavy atom. The molecular formula is C26H6N8. The van der Waals surface area contributed by atoms with Crippen LogP contribution in [0.4, 0.5) is 17.1 Å². The molecule has 0 amide bonds. The van der Waals surface area contributed by atoms with Gasteiger partial charge in [0.15, 0.2) is 17.1 Å². The van der Waals surface area contributed by atoms with E-state index in [1.807, 2.05) is 48.5 Å². The van der Waals surface area contributed by atoms with Crippen LogP contribution in [0.25, 0.3) is 57.9 Å². The van der Waals surface area contributed by atoms with Gasteiger partial charge in [0.2, 0.25) is 11.4 Å². The minimum Gasteiger partial charge on any atom is -0.262 e. The molecule has 0 aliphatic carbocycles. The summed E-state index contributed by atoms with van der Waals surface area (Å²) in [6.07, 6.45) is 0. The van der Waals surface area contributed by atoms with E-state index < -0.39 is 0 Å². The highest BCUT2D eigenvalue weighted by Gasteiger charge is 2.26. The highest BCUT2D eigenvalue weighted by atomic mass is 14.9. The first-order chi connectivity index (χ1) is 16.6. The van der Waals surface area contributed by atoms with Crippen LogP contribution in [0.5, 0.6) is 0 Å². The Morgan fingerprint density at radius 1 is 0.618 bits per heavy atom. The Morgan fingerprint density at radius 3 is 1.82 bits per heavy atom. The molecule has 1 aromatic heterocycles. The van der Waals surface area contributed by atoms with Crippen LogP contribution < -0.4 is 0 Å². The summed E-state index contributed by atoms with van der Waals surface area (Å²) >= 11 is 0. The summed E-state index contributed by atoms with van der Waals surface area (Å²) in [6.45, 7) is 23.0. The number of hydrogen-bond acceptors (Lipinski definition) is 5. The second-order valence-corrected chi connectivity index (χ2v) is 7.17. The van der Waals surface area contributed by atoms with Crippen LogP contribution >= 0.6 is 0 Å². The molecule has 5 rings (SSSR count). The van der Waals surface area contributed by atoms with Crippen LogP contribution in [0.15, 0.2) is 36.4 Å². The van der Waals surface area contributed by atoms with E-state index >= 15 is 0 Å². The molecule has 0 radical (unpaired) electrons. The molecule has 4 aromatic carbocycles. The third kappa shape index (κ3) is 2.40. The van der Waals surface area contributed by atoms with E-state index in [-0.39, 0.29) is 50.4 Å². The Balaban J connectivity index is 2.33. The molecule has 0 aliphatic rings. The minimum absolute atomic E-state index is 0.0677. The zero-order valence-corrected chi connectivity index (χ0v) is 17.0. The van der Waals surface area contributed by atoms with E-state index in [1.165, 1.54) is 0 Å². The van der Waals surface area contributed by atoms with Gasteiger partial charge in [0.05, 0.1) is 42.4 Å². The van der Waals surface area contributed by atoms with E-state index in [0.717, 1.165) is 10.8 Å². The van der Waals surface area contributed by atoms with Gasteiger partial charge >= 0.3 is 0 Å². The van der Waals surface area contributed by atoms with Crippen LogP contribution in [-0.4, -0.2) is 9.97 Å². The van der Waals surface area contributed by atoms with Gasteiger partial charge in [-0.1, -0.05) is 36.4 Å². The predicted molar refractivity (Wildman–Crippen MR) is 125 cm³/mol. The van der Waals surface area contributed by atoms with Crippen molar-refractivity contribution in [3.8, 4) is 18.2 Å². The van der Waals surface area contributed by atoms with E-state index in [4.69, 9.17) is 19.7 Å². The van der Waals surface area contributed by atoms with Gasteiger partial charge < -0.3 is 0 Å². The summed E-state index contributed by atoms with van der Waals surface area (Å²) < 4.78 is 0. The smallest absolute Gasteiger partial charge is 0.202 e. The van der Waals surface area contributed by atoms with E-state index in [9.17, 15) is 15.8 Å². The lowest BCUT2D eigenvalue weighted by atomic mass is 9.90. The Bertz CT molecular complexity index is 2020. The van der Waals surface area contributed by atoms with Gasteiger partial charge in [-0.25, -0.2) is 9.97 Å². The topological polar surface area (TPSA) is 110 Å². The fraction of sp³-hybridized carbons (Fsp3) is 0. The van der Waals surface area contributed by atoms with Gasteiger partial charge in [-0.2, -0.15) is 15.8 Å². The van der Waals surface area contributed by atoms with Crippen LogP contribution in [0.3, 0.4) is 0 Å². The average molecular weight is 430 g/mol. The molecule has 0 bridgehead atoms. The molecule has 5 aromatic rings. The standard InChI is InChI=1S/C26H6N8/c1-30-22-16(10-27)21-20(23(31-2)26(22)32-3)15-9-8-13-6-4-5-7-14(13)19(15)24-25(21)34-18(12-29)17(11-28)33-24/h4-9H. The quantitative estimate of drug-likeness (QED) is 0.210. The Labute approximate surface area is 192 Å². The van der Waals surface area contributed by atoms with Crippen molar-refractivity contribution in [2.45, 2.75) is 0 Å². The van der Waals surface area contributed by atoms with Crippen molar-refractivity contribution in [3.63, 3.8) is 0 Å². The van der Waals surface area contributed by atoms with Gasteiger partial charge in [-0.15, -0.1) is 0 Å². The number of hydrogen-bond donors (Lipinski definition) is 0. The third-order valence-corrected chi connectivity index (χ3v) is 5.65. The van der Waals surface area contributed by atoms with Crippen LogP contribution in [0.2, 0.25) is 0 Å². The number of fused-ring (bicyclic) bond motifs is 8. The largest absolute Gasteiger partial charge is 0.262 e. The Kier molecular flexibility index (Phi) is 4.25. The maximum atomic E-state index is 10.0. The van der Waals surface area contributed by atoms with E-state index in [1.54, 1.807) is 6.07 Å². The molecular weight excluding hydrogens is 424 g/mol. The zero-order valence-electron chi connectivity index (χ0n) is 17.0. The average Bonchev–Trinajstić information content (AvgIpc) is 2.89. The van der Waals surface area contributed by atoms with Crippen LogP contribution in [-0.2, 0) is 0 Å². The third-order valence-electron chi connectivity index (χ3n) is 5.65. The fourth-order valence-corrected chi connectivity index (χ4v) is 4.32. The summed E-state index contributed by atoms with van der Waals surface area (Å²) in [5.74, 6) is 0. The summed E-state index contributed by atoms with van der Waals surface area (Å²) in [5.41, 5.74) is -0.648. The first-order valence-electron chi connectivity index (χ1n) is 9.64. The number of nitriles is 3. The van der Waals surface area contributed by atoms with Crippen molar-refractivity contribution in [1.29, 1.82) is 15.8 Å². The number of benzene rings is 4. The number of rotatable bonds is 0. The van der Waals surface area contributed by atoms with E-state index in [2.05, 4.69) is 24.5 Å². The van der Waals surface area contributed by atoms with Gasteiger partial charge in [-0.3, -0.25) is 14.5 Å². The molecule has 0 spiro atoms. The number of nitrogens with zero attached hydrogens (tertiary/aromatic N) is 8. The molecule has 0 unspecified atom stereocenters. The SMILES string of the molecule is [C-]#[N+]c1c([N+]#[C-])c(C#N)c2c3nc(C#N)c(C#N)nc3c3c4ccccc4ccc3c2c1[N+]#[C-]. The molecule has 0 saturated carbocycles. The van der Waals surface area contributed by atoms with Crippen molar-refractivity contribution < 1.29 is 0 Å². The lowest BCUT2D eigenvalue weighted by Gasteiger charge is -2.16. The maximum Gasteiger partial charge on any atom is 0.202 e. The highest BCUT2D eigenvalue weighted by molar-refractivity contribution is 6.35. The molecule has 8 nitrogen and oxygen atoms in total. The second-order valence-electron chi connectivity index (χ2n) is 7.17. The lowest BCUT2D eigenvalue weighted by Crippen LogP contribution is -1.99. The van der Waals surface area contributed by atoms with Crippen molar-refractivity contribution >= 4 is 60.4 Å². The van der Waals surface area contributed by atoms with Crippen LogP contribution in [0.1, 0.15) is 17.0 Å². The Hall–Kier alpha value is -6.06. The fourth-order valence-electron chi connectivity index (χ4n) is 4.32. The normalized spacial score (nSPS) is 10.2. The van der Waals surface area contributed by atoms with Gasteiger partial charge in [-0.05, 0) is 21.5 Å². The molecule has 34 heavy (non-hydrogen) atoms. The van der Waals surface area contributed by atoms with Gasteiger partial charge in [0.1, 0.15) is 12.1 Å². The molecule has 0 N–H and O–H groups in total. The van der Waals surface area contributed by atoms with Crippen molar-refractivity contribution in [1.82, 2.24) is 9.97 Å². The molecule has 8 heteroatoms. The molecule has 0 saturated heterocycles. The molecule has 0 aliphatic heterocycles. The molecule has 150 valence electrons. The van der Waals surface area contributed by atoms with Crippen molar-refractivity contribution in [2.75, 3.05) is 0 Å². The van der Waals surface area contributed by atoms with E-state index in [0.29, 0.717) is 16.2 Å². The maximum absolute atomic E-state index is 10.0. The molecule has 1 heterocycles. The van der Waals surface area contributed by atoms with Crippen molar-refractivity contribution in [2.24, 2.45) is 0 Å². The predicted octanol–water partition coefficient (Wildman–Crippen LogP) is 6.36. The highest BCUT2D eigenvalue weighted by Crippen LogP contribution is 2.51. The summed E-state index contributed by atoms with van der Waals surface area (Å²) in [7, 11) is 0. The van der Waals surface area contributed by atoms with Gasteiger partial charge in [0.25, 0.3) is 0 Å². The van der Waals surface area contributed by atoms with Gasteiger partial charge in [0, 0.05) is 10.8 Å².